The molecule has 1 aliphatic heterocycles. The van der Waals surface area contributed by atoms with Gasteiger partial charge in [-0.05, 0) is 43.4 Å². The highest BCUT2D eigenvalue weighted by Crippen LogP contribution is 2.29. The predicted molar refractivity (Wildman–Crippen MR) is 120 cm³/mol. The first-order valence-electron chi connectivity index (χ1n) is 11.1. The summed E-state index contributed by atoms with van der Waals surface area (Å²) in [7, 11) is 1.73. The summed E-state index contributed by atoms with van der Waals surface area (Å²) in [4.78, 5) is 17.4. The third kappa shape index (κ3) is 5.02. The van der Waals surface area contributed by atoms with Gasteiger partial charge in [0, 0.05) is 38.3 Å². The number of methoxy groups -OCH3 is 1. The molecule has 0 spiro atoms. The van der Waals surface area contributed by atoms with Gasteiger partial charge >= 0.3 is 0 Å². The average Bonchev–Trinajstić information content (AvgIpc) is 2.75. The minimum Gasteiger partial charge on any atom is -0.496 e. The molecule has 30 heavy (non-hydrogen) atoms. The zero-order chi connectivity index (χ0) is 20.9. The number of amides is 1. The number of benzene rings is 2. The minimum absolute atomic E-state index is 0.144. The molecule has 0 saturated carbocycles. The summed E-state index contributed by atoms with van der Waals surface area (Å²) in [5.74, 6) is 1.10. The van der Waals surface area contributed by atoms with Gasteiger partial charge in [-0.3, -0.25) is 14.6 Å². The number of piperazine rings is 1. The standard InChI is InChI=1S/C25H33N3O2/c1-19-10-11-24(30-2)21(16-19)17-27-12-14-28(15-13-27)18-25(29)26-23-9-5-7-20-6-3-4-8-22(20)23/h3-4,6,8,10-11,16,23H,5,7,9,12-15,17-18H2,1-2H3,(H,26,29)/t23-/m1/s1. The molecule has 0 radical (unpaired) electrons. The monoisotopic (exact) mass is 407 g/mol. The van der Waals surface area contributed by atoms with E-state index in [1.807, 2.05) is 0 Å². The molecule has 5 nitrogen and oxygen atoms in total. The summed E-state index contributed by atoms with van der Waals surface area (Å²) in [6.45, 7) is 7.27. The minimum atomic E-state index is 0.144. The van der Waals surface area contributed by atoms with E-state index in [4.69, 9.17) is 4.74 Å². The highest BCUT2D eigenvalue weighted by atomic mass is 16.5. The van der Waals surface area contributed by atoms with Gasteiger partial charge in [0.15, 0.2) is 0 Å². The van der Waals surface area contributed by atoms with Crippen LogP contribution in [0.3, 0.4) is 0 Å². The molecule has 5 heteroatoms. The number of hydrogen-bond donors (Lipinski definition) is 1. The maximum atomic E-state index is 12.7. The van der Waals surface area contributed by atoms with Crippen molar-refractivity contribution < 1.29 is 9.53 Å². The van der Waals surface area contributed by atoms with Crippen molar-refractivity contribution in [2.75, 3.05) is 39.8 Å². The largest absolute Gasteiger partial charge is 0.496 e. The Hall–Kier alpha value is -2.37. The number of carbonyl (C=O) groups is 1. The van der Waals surface area contributed by atoms with Crippen molar-refractivity contribution in [1.29, 1.82) is 0 Å². The lowest BCUT2D eigenvalue weighted by molar-refractivity contribution is -0.123. The Balaban J connectivity index is 1.26. The zero-order valence-electron chi connectivity index (χ0n) is 18.2. The van der Waals surface area contributed by atoms with Gasteiger partial charge < -0.3 is 10.1 Å². The molecular formula is C25H33N3O2. The number of aryl methyl sites for hydroxylation is 2. The van der Waals surface area contributed by atoms with Gasteiger partial charge in [-0.2, -0.15) is 0 Å². The summed E-state index contributed by atoms with van der Waals surface area (Å²) >= 11 is 0. The van der Waals surface area contributed by atoms with Gasteiger partial charge in [-0.1, -0.05) is 42.0 Å². The lowest BCUT2D eigenvalue weighted by Gasteiger charge is -2.35. The number of nitrogens with zero attached hydrogens (tertiary/aromatic N) is 2. The van der Waals surface area contributed by atoms with Gasteiger partial charge in [-0.25, -0.2) is 0 Å². The van der Waals surface area contributed by atoms with E-state index in [0.717, 1.165) is 57.7 Å². The van der Waals surface area contributed by atoms with Crippen LogP contribution in [0.15, 0.2) is 42.5 Å². The molecule has 2 aromatic carbocycles. The van der Waals surface area contributed by atoms with E-state index in [0.29, 0.717) is 6.54 Å². The van der Waals surface area contributed by atoms with Crippen LogP contribution in [-0.4, -0.2) is 55.5 Å². The average molecular weight is 408 g/mol. The normalized spacial score (nSPS) is 19.9. The first-order chi connectivity index (χ1) is 14.6. The Kier molecular flexibility index (Phi) is 6.70. The summed E-state index contributed by atoms with van der Waals surface area (Å²) < 4.78 is 5.52. The lowest BCUT2D eigenvalue weighted by Crippen LogP contribution is -2.49. The van der Waals surface area contributed by atoms with Crippen molar-refractivity contribution in [3.8, 4) is 5.75 Å². The van der Waals surface area contributed by atoms with Gasteiger partial charge in [0.2, 0.25) is 5.91 Å². The van der Waals surface area contributed by atoms with E-state index in [1.165, 1.54) is 22.3 Å². The molecule has 0 bridgehead atoms. The molecule has 1 heterocycles. The van der Waals surface area contributed by atoms with Gasteiger partial charge in [0.25, 0.3) is 0 Å². The van der Waals surface area contributed by atoms with Crippen LogP contribution in [0.1, 0.15) is 41.1 Å². The Bertz CT molecular complexity index is 874. The molecule has 160 valence electrons. The van der Waals surface area contributed by atoms with Gasteiger partial charge in [0.05, 0.1) is 19.7 Å². The van der Waals surface area contributed by atoms with Crippen molar-refractivity contribution in [2.45, 2.75) is 38.8 Å². The topological polar surface area (TPSA) is 44.8 Å². The fraction of sp³-hybridized carbons (Fsp3) is 0.480. The van der Waals surface area contributed by atoms with Crippen molar-refractivity contribution in [3.05, 3.63) is 64.7 Å². The molecule has 1 fully saturated rings. The molecule has 1 atom stereocenters. The summed E-state index contributed by atoms with van der Waals surface area (Å²) in [6.07, 6.45) is 3.30. The van der Waals surface area contributed by atoms with E-state index in [1.54, 1.807) is 7.11 Å². The van der Waals surface area contributed by atoms with E-state index in [2.05, 4.69) is 64.5 Å². The summed E-state index contributed by atoms with van der Waals surface area (Å²) in [5, 5.41) is 3.28. The third-order valence-electron chi connectivity index (χ3n) is 6.37. The molecule has 1 saturated heterocycles. The highest BCUT2D eigenvalue weighted by molar-refractivity contribution is 5.78. The van der Waals surface area contributed by atoms with Crippen molar-refractivity contribution in [2.24, 2.45) is 0 Å². The Morgan fingerprint density at radius 3 is 2.67 bits per heavy atom. The van der Waals surface area contributed by atoms with Crippen molar-refractivity contribution >= 4 is 5.91 Å². The van der Waals surface area contributed by atoms with E-state index in [9.17, 15) is 4.79 Å². The quantitative estimate of drug-likeness (QED) is 0.798. The van der Waals surface area contributed by atoms with Crippen LogP contribution < -0.4 is 10.1 Å². The van der Waals surface area contributed by atoms with E-state index < -0.39 is 0 Å². The molecular weight excluding hydrogens is 374 g/mol. The van der Waals surface area contributed by atoms with Crippen LogP contribution in [0.5, 0.6) is 5.75 Å². The Morgan fingerprint density at radius 1 is 1.10 bits per heavy atom. The van der Waals surface area contributed by atoms with Crippen LogP contribution in [0.4, 0.5) is 0 Å². The van der Waals surface area contributed by atoms with Crippen LogP contribution >= 0.6 is 0 Å². The Morgan fingerprint density at radius 2 is 1.87 bits per heavy atom. The fourth-order valence-electron chi connectivity index (χ4n) is 4.72. The molecule has 1 aliphatic carbocycles. The summed E-state index contributed by atoms with van der Waals surface area (Å²) in [6, 6.07) is 15.0. The molecule has 0 aromatic heterocycles. The fourth-order valence-corrected chi connectivity index (χ4v) is 4.72. The SMILES string of the molecule is COc1ccc(C)cc1CN1CCN(CC(=O)N[C@@H]2CCCc3ccccc32)CC1. The third-order valence-corrected chi connectivity index (χ3v) is 6.37. The Labute approximate surface area is 180 Å². The number of hydrogen-bond acceptors (Lipinski definition) is 4. The molecule has 4 rings (SSSR count). The van der Waals surface area contributed by atoms with Crippen molar-refractivity contribution in [3.63, 3.8) is 0 Å². The van der Waals surface area contributed by atoms with E-state index >= 15 is 0 Å². The molecule has 2 aromatic rings. The van der Waals surface area contributed by atoms with E-state index in [-0.39, 0.29) is 11.9 Å². The van der Waals surface area contributed by atoms with Crippen LogP contribution in [0.2, 0.25) is 0 Å². The number of carbonyl (C=O) groups excluding carboxylic acids is 1. The summed E-state index contributed by atoms with van der Waals surface area (Å²) in [5.41, 5.74) is 5.17. The van der Waals surface area contributed by atoms with Crippen LogP contribution in [0.25, 0.3) is 0 Å². The smallest absolute Gasteiger partial charge is 0.234 e. The first kappa shape index (κ1) is 20.9. The molecule has 1 N–H and O–H groups in total. The lowest BCUT2D eigenvalue weighted by atomic mass is 9.88. The maximum absolute atomic E-state index is 12.7. The first-order valence-corrected chi connectivity index (χ1v) is 11.1. The highest BCUT2D eigenvalue weighted by Gasteiger charge is 2.24. The van der Waals surface area contributed by atoms with Gasteiger partial charge in [-0.15, -0.1) is 0 Å². The van der Waals surface area contributed by atoms with Crippen LogP contribution in [0, 0.1) is 6.92 Å². The van der Waals surface area contributed by atoms with Crippen LogP contribution in [-0.2, 0) is 17.8 Å². The second-order valence-corrected chi connectivity index (χ2v) is 8.58. The zero-order valence-corrected chi connectivity index (χ0v) is 18.2. The number of ether oxygens (including phenoxy) is 1. The predicted octanol–water partition coefficient (Wildman–Crippen LogP) is 3.32. The number of nitrogens with one attached hydrogen (secondary N) is 1. The number of fused-ring (bicyclic) bond motifs is 1. The second kappa shape index (κ2) is 9.63. The maximum Gasteiger partial charge on any atom is 0.234 e. The van der Waals surface area contributed by atoms with Crippen molar-refractivity contribution in [1.82, 2.24) is 15.1 Å². The van der Waals surface area contributed by atoms with Gasteiger partial charge in [0.1, 0.15) is 5.75 Å². The molecule has 0 unspecified atom stereocenters. The molecule has 1 amide bonds. The number of rotatable bonds is 6. The second-order valence-electron chi connectivity index (χ2n) is 8.58. The molecule has 2 aliphatic rings.